The zero-order chi connectivity index (χ0) is 21.3. The summed E-state index contributed by atoms with van der Waals surface area (Å²) in [6.45, 7) is 5.94. The summed E-state index contributed by atoms with van der Waals surface area (Å²) in [5.74, 6) is 0. The predicted molar refractivity (Wildman–Crippen MR) is 117 cm³/mol. The number of nitrogens with zero attached hydrogens (tertiary/aromatic N) is 1. The molecule has 0 spiro atoms. The maximum Gasteiger partial charge on any atom is 0.408 e. The van der Waals surface area contributed by atoms with Gasteiger partial charge in [-0.2, -0.15) is 0 Å². The van der Waals surface area contributed by atoms with Crippen molar-refractivity contribution >= 4 is 29.1 Å². The number of para-hydroxylation sites is 1. The summed E-state index contributed by atoms with van der Waals surface area (Å²) < 4.78 is 7.20. The Hall–Kier alpha value is -3.54. The smallest absolute Gasteiger partial charge is 0.408 e. The Bertz CT molecular complexity index is 1120. The van der Waals surface area contributed by atoms with Gasteiger partial charge in [-0.1, -0.05) is 54.6 Å². The maximum atomic E-state index is 12.8. The van der Waals surface area contributed by atoms with E-state index in [1.807, 2.05) is 87.5 Å². The first-order chi connectivity index (χ1) is 14.3. The van der Waals surface area contributed by atoms with Gasteiger partial charge in [0, 0.05) is 17.5 Å². The molecule has 0 saturated carbocycles. The lowest BCUT2D eigenvalue weighted by molar-refractivity contribution is 0.0512. The summed E-state index contributed by atoms with van der Waals surface area (Å²) in [5.41, 5.74) is 2.68. The molecular weight excluding hydrogens is 378 g/mol. The number of alkyl carbamates (subject to hydrolysis) is 1. The van der Waals surface area contributed by atoms with Crippen molar-refractivity contribution in [3.05, 3.63) is 77.5 Å². The monoisotopic (exact) mass is 403 g/mol. The van der Waals surface area contributed by atoms with E-state index in [1.165, 1.54) is 0 Å². The van der Waals surface area contributed by atoms with E-state index in [1.54, 1.807) is 4.57 Å². The van der Waals surface area contributed by atoms with Crippen molar-refractivity contribution in [3.63, 3.8) is 0 Å². The highest BCUT2D eigenvalue weighted by Crippen LogP contribution is 2.36. The number of hydrogen-bond donors (Lipinski definition) is 2. The topological polar surface area (TPSA) is 72.4 Å². The second-order valence-electron chi connectivity index (χ2n) is 8.23. The van der Waals surface area contributed by atoms with Crippen molar-refractivity contribution in [1.29, 1.82) is 0 Å². The highest BCUT2D eigenvalue weighted by atomic mass is 16.6. The first kappa shape index (κ1) is 19.8. The molecule has 1 aliphatic heterocycles. The van der Waals surface area contributed by atoms with Gasteiger partial charge in [0.1, 0.15) is 5.60 Å². The third kappa shape index (κ3) is 3.81. The third-order valence-corrected chi connectivity index (χ3v) is 4.88. The standard InChI is InChI=1S/C24H25N3O3/c1-24(2,3)30-23(29)26-21(16-10-5-4-6-11-16)20-17-12-7-8-13-18(17)27-19(20)14-9-15-25-22(27)28/h4-14,21H,15H2,1-3H3,(H,25,28)(H,26,29)/t21-/m0/s1. The van der Waals surface area contributed by atoms with E-state index in [2.05, 4.69) is 10.6 Å². The van der Waals surface area contributed by atoms with Crippen LogP contribution in [0.5, 0.6) is 0 Å². The van der Waals surface area contributed by atoms with Gasteiger partial charge >= 0.3 is 12.1 Å². The first-order valence-electron chi connectivity index (χ1n) is 9.98. The van der Waals surface area contributed by atoms with E-state index in [0.717, 1.165) is 27.7 Å². The molecule has 2 N–H and O–H groups in total. The van der Waals surface area contributed by atoms with Gasteiger partial charge in [0.05, 0.1) is 17.3 Å². The Kier molecular flexibility index (Phi) is 5.08. The van der Waals surface area contributed by atoms with Crippen LogP contribution in [-0.2, 0) is 4.74 Å². The molecule has 0 radical (unpaired) electrons. The molecule has 0 bridgehead atoms. The molecule has 2 heterocycles. The molecule has 1 aromatic heterocycles. The molecule has 0 unspecified atom stereocenters. The van der Waals surface area contributed by atoms with Gasteiger partial charge in [0.15, 0.2) is 0 Å². The number of aromatic nitrogens is 1. The Morgan fingerprint density at radius 2 is 1.80 bits per heavy atom. The molecule has 6 nitrogen and oxygen atoms in total. The average Bonchev–Trinajstić information content (AvgIpc) is 2.90. The molecule has 3 aromatic rings. The van der Waals surface area contributed by atoms with Crippen molar-refractivity contribution in [2.75, 3.05) is 6.54 Å². The number of carbonyl (C=O) groups is 2. The molecule has 30 heavy (non-hydrogen) atoms. The summed E-state index contributed by atoms with van der Waals surface area (Å²) in [6.07, 6.45) is 3.33. The van der Waals surface area contributed by atoms with Crippen LogP contribution >= 0.6 is 0 Å². The number of fused-ring (bicyclic) bond motifs is 3. The van der Waals surface area contributed by atoms with E-state index in [-0.39, 0.29) is 6.03 Å². The van der Waals surface area contributed by atoms with Crippen LogP contribution in [0.3, 0.4) is 0 Å². The second-order valence-corrected chi connectivity index (χ2v) is 8.23. The zero-order valence-electron chi connectivity index (χ0n) is 17.3. The summed E-state index contributed by atoms with van der Waals surface area (Å²) in [7, 11) is 0. The summed E-state index contributed by atoms with van der Waals surface area (Å²) >= 11 is 0. The van der Waals surface area contributed by atoms with Crippen molar-refractivity contribution in [1.82, 2.24) is 15.2 Å². The lowest BCUT2D eigenvalue weighted by atomic mass is 9.95. The molecule has 2 amide bonds. The number of nitrogens with one attached hydrogen (secondary N) is 2. The van der Waals surface area contributed by atoms with E-state index in [4.69, 9.17) is 4.74 Å². The van der Waals surface area contributed by atoms with E-state index < -0.39 is 17.7 Å². The highest BCUT2D eigenvalue weighted by Gasteiger charge is 2.29. The van der Waals surface area contributed by atoms with Gasteiger partial charge in [-0.3, -0.25) is 4.57 Å². The van der Waals surface area contributed by atoms with Crippen molar-refractivity contribution < 1.29 is 14.3 Å². The molecule has 2 aromatic carbocycles. The molecule has 154 valence electrons. The van der Waals surface area contributed by atoms with Gasteiger partial charge in [-0.05, 0) is 38.5 Å². The maximum absolute atomic E-state index is 12.8. The van der Waals surface area contributed by atoms with Crippen molar-refractivity contribution in [2.45, 2.75) is 32.4 Å². The number of benzene rings is 2. The van der Waals surface area contributed by atoms with Gasteiger partial charge in [0.2, 0.25) is 0 Å². The SMILES string of the molecule is CC(C)(C)OC(=O)N[C@@H](c1ccccc1)c1c2n(c3ccccc13)C(=O)NCC=C2. The minimum Gasteiger partial charge on any atom is -0.444 e. The molecule has 6 heteroatoms. The van der Waals surface area contributed by atoms with Gasteiger partial charge < -0.3 is 15.4 Å². The van der Waals surface area contributed by atoms with Gasteiger partial charge in [-0.25, -0.2) is 9.59 Å². The Labute approximate surface area is 175 Å². The molecule has 0 aliphatic carbocycles. The number of rotatable bonds is 3. The zero-order valence-corrected chi connectivity index (χ0v) is 17.3. The Morgan fingerprint density at radius 1 is 1.10 bits per heavy atom. The Balaban J connectivity index is 1.92. The fourth-order valence-electron chi connectivity index (χ4n) is 3.76. The Morgan fingerprint density at radius 3 is 2.53 bits per heavy atom. The van der Waals surface area contributed by atoms with Crippen molar-refractivity contribution in [3.8, 4) is 0 Å². The quantitative estimate of drug-likeness (QED) is 0.657. The van der Waals surface area contributed by atoms with Crippen LogP contribution < -0.4 is 10.6 Å². The fraction of sp³-hybridized carbons (Fsp3) is 0.250. The summed E-state index contributed by atoms with van der Waals surface area (Å²) in [5, 5.41) is 6.81. The van der Waals surface area contributed by atoms with Crippen LogP contribution in [0.15, 0.2) is 60.7 Å². The normalized spacial score (nSPS) is 14.6. The van der Waals surface area contributed by atoms with Crippen molar-refractivity contribution in [2.24, 2.45) is 0 Å². The highest BCUT2D eigenvalue weighted by molar-refractivity contribution is 5.99. The molecule has 0 fully saturated rings. The number of ether oxygens (including phenoxy) is 1. The van der Waals surface area contributed by atoms with Crippen LogP contribution in [0, 0.1) is 0 Å². The lowest BCUT2D eigenvalue weighted by Crippen LogP contribution is -2.35. The largest absolute Gasteiger partial charge is 0.444 e. The molecular formula is C24H25N3O3. The average molecular weight is 403 g/mol. The van der Waals surface area contributed by atoms with Crippen LogP contribution in [0.2, 0.25) is 0 Å². The fourth-order valence-corrected chi connectivity index (χ4v) is 3.76. The minimum atomic E-state index is -0.620. The molecule has 1 aliphatic rings. The second kappa shape index (κ2) is 7.71. The third-order valence-electron chi connectivity index (χ3n) is 4.88. The summed E-state index contributed by atoms with van der Waals surface area (Å²) in [4.78, 5) is 25.5. The summed E-state index contributed by atoms with van der Waals surface area (Å²) in [6, 6.07) is 16.7. The van der Waals surface area contributed by atoms with Crippen LogP contribution in [0.1, 0.15) is 43.6 Å². The first-order valence-corrected chi connectivity index (χ1v) is 9.98. The van der Waals surface area contributed by atoms with E-state index in [0.29, 0.717) is 6.54 Å². The number of carbonyl (C=O) groups excluding carboxylic acids is 2. The minimum absolute atomic E-state index is 0.193. The lowest BCUT2D eigenvalue weighted by Gasteiger charge is -2.24. The van der Waals surface area contributed by atoms with Crippen LogP contribution in [-0.4, -0.2) is 28.8 Å². The van der Waals surface area contributed by atoms with Gasteiger partial charge in [0.25, 0.3) is 0 Å². The van der Waals surface area contributed by atoms with E-state index in [9.17, 15) is 9.59 Å². The molecule has 0 saturated heterocycles. The van der Waals surface area contributed by atoms with Crippen LogP contribution in [0.25, 0.3) is 17.0 Å². The number of amides is 2. The predicted octanol–water partition coefficient (Wildman–Crippen LogP) is 4.84. The van der Waals surface area contributed by atoms with E-state index >= 15 is 0 Å². The number of hydrogen-bond acceptors (Lipinski definition) is 3. The molecule has 4 rings (SSSR count). The van der Waals surface area contributed by atoms with Gasteiger partial charge in [-0.15, -0.1) is 0 Å². The molecule has 1 atom stereocenters. The van der Waals surface area contributed by atoms with Crippen LogP contribution in [0.4, 0.5) is 9.59 Å².